The van der Waals surface area contributed by atoms with Crippen LogP contribution < -0.4 is 9.46 Å². The number of sulfonamides is 1. The first kappa shape index (κ1) is 16.1. The van der Waals surface area contributed by atoms with Gasteiger partial charge in [0, 0.05) is 13.0 Å². The van der Waals surface area contributed by atoms with E-state index >= 15 is 0 Å². The lowest BCUT2D eigenvalue weighted by Crippen LogP contribution is -2.18. The van der Waals surface area contributed by atoms with Crippen LogP contribution in [0.2, 0.25) is 0 Å². The number of methoxy groups -OCH3 is 1. The molecule has 0 saturated carbocycles. The monoisotopic (exact) mass is 307 g/mol. The van der Waals surface area contributed by atoms with Crippen LogP contribution in [0, 0.1) is 6.92 Å². The van der Waals surface area contributed by atoms with Crippen molar-refractivity contribution in [2.24, 2.45) is 0 Å². The van der Waals surface area contributed by atoms with Crippen molar-refractivity contribution in [1.29, 1.82) is 0 Å². The number of alkyl halides is 1. The van der Waals surface area contributed by atoms with Crippen molar-refractivity contribution >= 4 is 27.3 Å². The molecule has 0 spiro atoms. The Balaban J connectivity index is 2.87. The van der Waals surface area contributed by atoms with Gasteiger partial charge >= 0.3 is 0 Å². The van der Waals surface area contributed by atoms with E-state index in [9.17, 15) is 8.42 Å². The van der Waals surface area contributed by atoms with E-state index in [0.29, 0.717) is 24.7 Å². The van der Waals surface area contributed by atoms with Crippen LogP contribution >= 0.6 is 11.6 Å². The number of anilines is 1. The summed E-state index contributed by atoms with van der Waals surface area (Å²) in [6.45, 7) is 2.69. The molecule has 1 rings (SSSR count). The molecule has 19 heavy (non-hydrogen) atoms. The molecule has 0 amide bonds. The first-order chi connectivity index (χ1) is 8.98. The fraction of sp³-hybridized carbons (Fsp3) is 0.500. The molecule has 1 N–H and O–H groups in total. The van der Waals surface area contributed by atoms with Crippen LogP contribution in [-0.2, 0) is 14.8 Å². The first-order valence-electron chi connectivity index (χ1n) is 5.77. The van der Waals surface area contributed by atoms with Crippen molar-refractivity contribution in [3.05, 3.63) is 23.8 Å². The molecule has 108 valence electrons. The predicted octanol–water partition coefficient (Wildman–Crippen LogP) is 2.00. The molecule has 1 aromatic carbocycles. The van der Waals surface area contributed by atoms with E-state index in [0.717, 1.165) is 5.56 Å². The van der Waals surface area contributed by atoms with Gasteiger partial charge < -0.3 is 9.47 Å². The second kappa shape index (κ2) is 7.57. The van der Waals surface area contributed by atoms with Gasteiger partial charge in [0.2, 0.25) is 10.0 Å². The molecule has 5 nitrogen and oxygen atoms in total. The minimum atomic E-state index is -3.44. The average Bonchev–Trinajstić information content (AvgIpc) is 2.32. The van der Waals surface area contributed by atoms with Crippen LogP contribution in [0.1, 0.15) is 5.56 Å². The summed E-state index contributed by atoms with van der Waals surface area (Å²) < 4.78 is 36.2. The molecule has 0 aliphatic carbocycles. The first-order valence-corrected chi connectivity index (χ1v) is 7.96. The standard InChI is InChI=1S/C12H18ClNO4S/c1-10-3-4-11(14-19(15,16)8-5-13)12(9-10)18-7-6-17-2/h3-4,9,14H,5-8H2,1-2H3. The highest BCUT2D eigenvalue weighted by molar-refractivity contribution is 7.92. The molecule has 0 heterocycles. The predicted molar refractivity (Wildman–Crippen MR) is 76.7 cm³/mol. The van der Waals surface area contributed by atoms with Crippen molar-refractivity contribution in [3.63, 3.8) is 0 Å². The van der Waals surface area contributed by atoms with Crippen LogP contribution in [0.3, 0.4) is 0 Å². The van der Waals surface area contributed by atoms with Crippen LogP contribution in [0.4, 0.5) is 5.69 Å². The van der Waals surface area contributed by atoms with Gasteiger partial charge in [0.1, 0.15) is 12.4 Å². The quantitative estimate of drug-likeness (QED) is 0.589. The number of nitrogens with one attached hydrogen (secondary N) is 1. The number of aryl methyl sites for hydroxylation is 1. The maximum atomic E-state index is 11.7. The Labute approximate surface area is 118 Å². The van der Waals surface area contributed by atoms with Crippen LogP contribution in [0.5, 0.6) is 5.75 Å². The third-order valence-electron chi connectivity index (χ3n) is 2.29. The molecule has 0 atom stereocenters. The van der Waals surface area contributed by atoms with E-state index < -0.39 is 10.0 Å². The lowest BCUT2D eigenvalue weighted by atomic mass is 10.2. The van der Waals surface area contributed by atoms with E-state index in [2.05, 4.69) is 4.72 Å². The smallest absolute Gasteiger partial charge is 0.234 e. The summed E-state index contributed by atoms with van der Waals surface area (Å²) in [4.78, 5) is 0. The topological polar surface area (TPSA) is 64.6 Å². The second-order valence-electron chi connectivity index (χ2n) is 3.95. The minimum absolute atomic E-state index is 0.0427. The second-order valence-corrected chi connectivity index (χ2v) is 6.17. The van der Waals surface area contributed by atoms with Crippen molar-refractivity contribution in [1.82, 2.24) is 0 Å². The largest absolute Gasteiger partial charge is 0.489 e. The van der Waals surface area contributed by atoms with Crippen molar-refractivity contribution in [2.45, 2.75) is 6.92 Å². The highest BCUT2D eigenvalue weighted by Gasteiger charge is 2.13. The van der Waals surface area contributed by atoms with Crippen LogP contribution in [0.15, 0.2) is 18.2 Å². The van der Waals surface area contributed by atoms with Gasteiger partial charge in [-0.15, -0.1) is 11.6 Å². The lowest BCUT2D eigenvalue weighted by Gasteiger charge is -2.13. The van der Waals surface area contributed by atoms with Crippen molar-refractivity contribution in [2.75, 3.05) is 36.7 Å². The minimum Gasteiger partial charge on any atom is -0.489 e. The summed E-state index contributed by atoms with van der Waals surface area (Å²) in [5.41, 5.74) is 1.39. The Morgan fingerprint density at radius 3 is 2.68 bits per heavy atom. The zero-order chi connectivity index (χ0) is 14.3. The third-order valence-corrected chi connectivity index (χ3v) is 3.98. The fourth-order valence-corrected chi connectivity index (χ4v) is 2.81. The van der Waals surface area contributed by atoms with E-state index in [4.69, 9.17) is 21.1 Å². The fourth-order valence-electron chi connectivity index (χ4n) is 1.39. The number of hydrogen-bond donors (Lipinski definition) is 1. The van der Waals surface area contributed by atoms with E-state index in [1.54, 1.807) is 19.2 Å². The molecular formula is C12H18ClNO4S. The summed E-state index contributed by atoms with van der Waals surface area (Å²) in [5, 5.41) is 0. The van der Waals surface area contributed by atoms with Gasteiger partial charge in [0.25, 0.3) is 0 Å². The molecule has 1 aromatic rings. The molecule has 0 bridgehead atoms. The van der Waals surface area contributed by atoms with Gasteiger partial charge in [-0.25, -0.2) is 8.42 Å². The lowest BCUT2D eigenvalue weighted by molar-refractivity contribution is 0.146. The highest BCUT2D eigenvalue weighted by Crippen LogP contribution is 2.26. The molecule has 0 radical (unpaired) electrons. The molecule has 0 aliphatic heterocycles. The number of halogens is 1. The van der Waals surface area contributed by atoms with Gasteiger partial charge in [0.05, 0.1) is 18.0 Å². The Hall–Kier alpha value is -0.980. The van der Waals surface area contributed by atoms with Gasteiger partial charge in [-0.2, -0.15) is 0 Å². The summed E-state index contributed by atoms with van der Waals surface area (Å²) in [7, 11) is -1.87. The zero-order valence-corrected chi connectivity index (χ0v) is 12.6. The molecule has 0 fully saturated rings. The number of hydrogen-bond acceptors (Lipinski definition) is 4. The molecule has 0 aromatic heterocycles. The number of ether oxygens (including phenoxy) is 2. The SMILES string of the molecule is COCCOc1cc(C)ccc1NS(=O)(=O)CCCl. The van der Waals surface area contributed by atoms with Crippen molar-refractivity contribution in [3.8, 4) is 5.75 Å². The molecular weight excluding hydrogens is 290 g/mol. The average molecular weight is 308 g/mol. The molecule has 0 aliphatic rings. The zero-order valence-electron chi connectivity index (χ0n) is 11.0. The Bertz CT molecular complexity index is 504. The van der Waals surface area contributed by atoms with E-state index in [1.165, 1.54) is 0 Å². The molecule has 0 unspecified atom stereocenters. The third kappa shape index (κ3) is 5.67. The van der Waals surface area contributed by atoms with Gasteiger partial charge in [-0.3, -0.25) is 4.72 Å². The van der Waals surface area contributed by atoms with Crippen molar-refractivity contribution < 1.29 is 17.9 Å². The Morgan fingerprint density at radius 1 is 1.32 bits per heavy atom. The van der Waals surface area contributed by atoms with Crippen LogP contribution in [-0.4, -0.2) is 40.4 Å². The number of benzene rings is 1. The van der Waals surface area contributed by atoms with E-state index in [-0.39, 0.29) is 11.6 Å². The van der Waals surface area contributed by atoms with Gasteiger partial charge in [0.15, 0.2) is 0 Å². The van der Waals surface area contributed by atoms with Crippen LogP contribution in [0.25, 0.3) is 0 Å². The summed E-state index contributed by atoms with van der Waals surface area (Å²) >= 11 is 5.45. The number of rotatable bonds is 8. The maximum Gasteiger partial charge on any atom is 0.234 e. The Kier molecular flexibility index (Phi) is 6.41. The Morgan fingerprint density at radius 2 is 2.05 bits per heavy atom. The van der Waals surface area contributed by atoms with Gasteiger partial charge in [-0.1, -0.05) is 6.07 Å². The molecule has 0 saturated heterocycles. The van der Waals surface area contributed by atoms with E-state index in [1.807, 2.05) is 13.0 Å². The maximum absolute atomic E-state index is 11.7. The van der Waals surface area contributed by atoms with Gasteiger partial charge in [-0.05, 0) is 24.6 Å². The molecule has 7 heteroatoms. The highest BCUT2D eigenvalue weighted by atomic mass is 35.5. The summed E-state index contributed by atoms with van der Waals surface area (Å²) in [5.74, 6) is 0.385. The summed E-state index contributed by atoms with van der Waals surface area (Å²) in [6, 6.07) is 5.25. The normalized spacial score (nSPS) is 11.3. The summed E-state index contributed by atoms with van der Waals surface area (Å²) in [6.07, 6.45) is 0.